The molecule has 0 aliphatic rings. The predicted molar refractivity (Wildman–Crippen MR) is 87.3 cm³/mol. The molecule has 0 saturated heterocycles. The molecule has 7 heteroatoms. The van der Waals surface area contributed by atoms with Crippen LogP contribution >= 0.6 is 11.6 Å². The van der Waals surface area contributed by atoms with E-state index >= 15 is 0 Å². The van der Waals surface area contributed by atoms with Gasteiger partial charge >= 0.3 is 5.97 Å². The molecule has 0 spiro atoms. The molecule has 2 aromatic heterocycles. The fourth-order valence-corrected chi connectivity index (χ4v) is 2.46. The normalized spacial score (nSPS) is 11.4. The van der Waals surface area contributed by atoms with E-state index in [1.807, 2.05) is 6.92 Å². The van der Waals surface area contributed by atoms with Crippen molar-refractivity contribution < 1.29 is 9.90 Å². The Balaban J connectivity index is 2.08. The first-order valence-electron chi connectivity index (χ1n) is 6.85. The maximum atomic E-state index is 11.1. The van der Waals surface area contributed by atoms with Crippen LogP contribution in [0.15, 0.2) is 46.8 Å². The molecule has 2 heterocycles. The van der Waals surface area contributed by atoms with E-state index in [1.54, 1.807) is 35.6 Å². The van der Waals surface area contributed by atoms with Gasteiger partial charge in [-0.1, -0.05) is 11.6 Å². The van der Waals surface area contributed by atoms with Crippen molar-refractivity contribution in [2.24, 2.45) is 10.2 Å². The van der Waals surface area contributed by atoms with Crippen molar-refractivity contribution in [1.82, 2.24) is 9.38 Å². The highest BCUT2D eigenvalue weighted by Crippen LogP contribution is 2.27. The van der Waals surface area contributed by atoms with Crippen LogP contribution in [-0.4, -0.2) is 20.5 Å². The van der Waals surface area contributed by atoms with E-state index in [-0.39, 0.29) is 5.56 Å². The Labute approximate surface area is 137 Å². The number of aromatic nitrogens is 2. The van der Waals surface area contributed by atoms with Crippen LogP contribution in [0.3, 0.4) is 0 Å². The van der Waals surface area contributed by atoms with Gasteiger partial charge in [-0.2, -0.15) is 0 Å². The number of nitrogens with zero attached hydrogens (tertiary/aromatic N) is 4. The summed E-state index contributed by atoms with van der Waals surface area (Å²) >= 11 is 5.93. The number of aryl methyl sites for hydroxylation is 2. The van der Waals surface area contributed by atoms with Gasteiger partial charge < -0.3 is 5.11 Å². The molecular formula is C16H13ClN4O2. The number of aromatic carboxylic acids is 1. The number of benzene rings is 1. The fraction of sp³-hybridized carbons (Fsp3) is 0.125. The Morgan fingerprint density at radius 3 is 2.70 bits per heavy atom. The van der Waals surface area contributed by atoms with Gasteiger partial charge in [-0.05, 0) is 49.7 Å². The third kappa shape index (κ3) is 2.93. The molecular weight excluding hydrogens is 316 g/mol. The van der Waals surface area contributed by atoms with E-state index in [0.717, 1.165) is 5.56 Å². The highest BCUT2D eigenvalue weighted by Gasteiger charge is 2.11. The second-order valence-electron chi connectivity index (χ2n) is 5.10. The molecule has 6 nitrogen and oxygen atoms in total. The standard InChI is InChI=1S/C16H13ClN4O2/c1-9-7-12(17)4-5-13(9)19-20-15-10(2)18-14-6-3-11(16(22)23)8-21(14)15/h3-8H,1-2H3,(H,22,23). The molecule has 0 atom stereocenters. The zero-order chi connectivity index (χ0) is 16.6. The number of carboxylic acid groups (broad SMARTS) is 1. The molecule has 3 aromatic rings. The number of halogens is 1. The quantitative estimate of drug-likeness (QED) is 0.706. The van der Waals surface area contributed by atoms with Gasteiger partial charge in [0.2, 0.25) is 0 Å². The van der Waals surface area contributed by atoms with Crippen LogP contribution in [0.1, 0.15) is 21.6 Å². The summed E-state index contributed by atoms with van der Waals surface area (Å²) in [6, 6.07) is 8.48. The van der Waals surface area contributed by atoms with Crippen molar-refractivity contribution >= 4 is 34.7 Å². The third-order valence-corrected chi connectivity index (χ3v) is 3.65. The number of rotatable bonds is 3. The van der Waals surface area contributed by atoms with E-state index in [9.17, 15) is 4.79 Å². The number of hydrogen-bond donors (Lipinski definition) is 1. The average molecular weight is 329 g/mol. The second-order valence-corrected chi connectivity index (χ2v) is 5.54. The molecule has 0 saturated carbocycles. The number of carbonyl (C=O) groups is 1. The largest absolute Gasteiger partial charge is 0.478 e. The van der Waals surface area contributed by atoms with Gasteiger partial charge in [0.15, 0.2) is 5.82 Å². The van der Waals surface area contributed by atoms with Crippen LogP contribution in [-0.2, 0) is 0 Å². The van der Waals surface area contributed by atoms with Crippen molar-refractivity contribution in [1.29, 1.82) is 0 Å². The maximum absolute atomic E-state index is 11.1. The first-order valence-corrected chi connectivity index (χ1v) is 7.23. The Kier molecular flexibility index (Phi) is 3.83. The lowest BCUT2D eigenvalue weighted by atomic mass is 10.2. The predicted octanol–water partition coefficient (Wildman–Crippen LogP) is 4.72. The number of carboxylic acids is 1. The second kappa shape index (κ2) is 5.81. The summed E-state index contributed by atoms with van der Waals surface area (Å²) < 4.78 is 1.62. The minimum Gasteiger partial charge on any atom is -0.478 e. The van der Waals surface area contributed by atoms with Crippen molar-refractivity contribution in [2.45, 2.75) is 13.8 Å². The summed E-state index contributed by atoms with van der Waals surface area (Å²) in [5.74, 6) is -0.507. The van der Waals surface area contributed by atoms with Gasteiger partial charge in [-0.3, -0.25) is 4.40 Å². The number of fused-ring (bicyclic) bond motifs is 1. The lowest BCUT2D eigenvalue weighted by molar-refractivity contribution is 0.0696. The molecule has 0 bridgehead atoms. The van der Waals surface area contributed by atoms with Gasteiger partial charge in [0.05, 0.1) is 16.9 Å². The molecule has 1 N–H and O–H groups in total. The number of imidazole rings is 1. The summed E-state index contributed by atoms with van der Waals surface area (Å²) in [6.45, 7) is 3.70. The summed E-state index contributed by atoms with van der Waals surface area (Å²) in [6.07, 6.45) is 1.49. The summed E-state index contributed by atoms with van der Waals surface area (Å²) in [4.78, 5) is 15.5. The minimum absolute atomic E-state index is 0.161. The first kappa shape index (κ1) is 15.2. The van der Waals surface area contributed by atoms with E-state index in [1.165, 1.54) is 12.3 Å². The molecule has 116 valence electrons. The van der Waals surface area contributed by atoms with Crippen LogP contribution < -0.4 is 0 Å². The lowest BCUT2D eigenvalue weighted by Crippen LogP contribution is -1.98. The van der Waals surface area contributed by atoms with E-state index < -0.39 is 5.97 Å². The minimum atomic E-state index is -1.00. The molecule has 0 amide bonds. The van der Waals surface area contributed by atoms with Gasteiger partial charge in [0, 0.05) is 11.2 Å². The van der Waals surface area contributed by atoms with E-state index in [0.29, 0.717) is 27.9 Å². The maximum Gasteiger partial charge on any atom is 0.337 e. The molecule has 0 aliphatic heterocycles. The van der Waals surface area contributed by atoms with Crippen LogP contribution in [0.25, 0.3) is 5.65 Å². The number of pyridine rings is 1. The molecule has 0 aliphatic carbocycles. The summed E-state index contributed by atoms with van der Waals surface area (Å²) in [7, 11) is 0. The van der Waals surface area contributed by atoms with Crippen LogP contribution in [0.4, 0.5) is 11.5 Å². The highest BCUT2D eigenvalue weighted by molar-refractivity contribution is 6.30. The smallest absolute Gasteiger partial charge is 0.337 e. The topological polar surface area (TPSA) is 79.3 Å². The van der Waals surface area contributed by atoms with E-state index in [2.05, 4.69) is 15.2 Å². The SMILES string of the molecule is Cc1cc(Cl)ccc1N=Nc1c(C)nc2ccc(C(=O)O)cn12. The van der Waals surface area contributed by atoms with Crippen molar-refractivity contribution in [3.63, 3.8) is 0 Å². The monoisotopic (exact) mass is 328 g/mol. The summed E-state index contributed by atoms with van der Waals surface area (Å²) in [5, 5.41) is 18.2. The zero-order valence-electron chi connectivity index (χ0n) is 12.5. The van der Waals surface area contributed by atoms with Crippen LogP contribution in [0.2, 0.25) is 5.02 Å². The fourth-order valence-electron chi connectivity index (χ4n) is 2.23. The molecule has 1 aromatic carbocycles. The first-order chi connectivity index (χ1) is 11.0. The average Bonchev–Trinajstić information content (AvgIpc) is 2.81. The zero-order valence-corrected chi connectivity index (χ0v) is 13.2. The third-order valence-electron chi connectivity index (χ3n) is 3.42. The van der Waals surface area contributed by atoms with Crippen molar-refractivity contribution in [2.75, 3.05) is 0 Å². The Morgan fingerprint density at radius 1 is 1.22 bits per heavy atom. The molecule has 0 radical (unpaired) electrons. The Bertz CT molecular complexity index is 947. The van der Waals surface area contributed by atoms with Crippen LogP contribution in [0, 0.1) is 13.8 Å². The van der Waals surface area contributed by atoms with Gasteiger partial charge in [-0.15, -0.1) is 10.2 Å². The van der Waals surface area contributed by atoms with Gasteiger partial charge in [0.1, 0.15) is 5.65 Å². The molecule has 0 unspecified atom stereocenters. The van der Waals surface area contributed by atoms with Crippen molar-refractivity contribution in [3.8, 4) is 0 Å². The molecule has 3 rings (SSSR count). The Hall–Kier alpha value is -2.73. The number of azo groups is 1. The Morgan fingerprint density at radius 2 is 2.00 bits per heavy atom. The van der Waals surface area contributed by atoms with Crippen molar-refractivity contribution in [3.05, 3.63) is 58.4 Å². The molecule has 23 heavy (non-hydrogen) atoms. The van der Waals surface area contributed by atoms with Crippen LogP contribution in [0.5, 0.6) is 0 Å². The summed E-state index contributed by atoms with van der Waals surface area (Å²) in [5.41, 5.74) is 3.04. The van der Waals surface area contributed by atoms with E-state index in [4.69, 9.17) is 16.7 Å². The number of hydrogen-bond acceptors (Lipinski definition) is 4. The lowest BCUT2D eigenvalue weighted by Gasteiger charge is -2.01. The van der Waals surface area contributed by atoms with Gasteiger partial charge in [-0.25, -0.2) is 9.78 Å². The molecule has 0 fully saturated rings. The highest BCUT2D eigenvalue weighted by atomic mass is 35.5. The van der Waals surface area contributed by atoms with Gasteiger partial charge in [0.25, 0.3) is 0 Å².